The largest absolute Gasteiger partial charge is 0.368 e. The van der Waals surface area contributed by atoms with Crippen LogP contribution in [0, 0.1) is 6.92 Å². The highest BCUT2D eigenvalue weighted by Crippen LogP contribution is 2.33. The molecule has 1 saturated heterocycles. The minimum Gasteiger partial charge on any atom is -0.368 e. The van der Waals surface area contributed by atoms with Crippen molar-refractivity contribution in [3.8, 4) is 22.6 Å². The van der Waals surface area contributed by atoms with E-state index in [0.29, 0.717) is 0 Å². The average Bonchev–Trinajstić information content (AvgIpc) is 3.43. The van der Waals surface area contributed by atoms with Gasteiger partial charge in [-0.25, -0.2) is 4.98 Å². The number of hydrogen-bond donors (Lipinski definition) is 2. The summed E-state index contributed by atoms with van der Waals surface area (Å²) >= 11 is 0. The lowest BCUT2D eigenvalue weighted by Crippen LogP contribution is -2.29. The first kappa shape index (κ1) is 18.1. The highest BCUT2D eigenvalue weighted by atomic mass is 15.2. The number of aryl methyl sites for hydroxylation is 1. The minimum atomic E-state index is 0.773. The Morgan fingerprint density at radius 2 is 1.81 bits per heavy atom. The van der Waals surface area contributed by atoms with Crippen LogP contribution in [-0.2, 0) is 0 Å². The number of piperidine rings is 1. The quantitative estimate of drug-likeness (QED) is 0.415. The number of aromatic nitrogens is 5. The van der Waals surface area contributed by atoms with Gasteiger partial charge >= 0.3 is 0 Å². The van der Waals surface area contributed by atoms with E-state index >= 15 is 0 Å². The van der Waals surface area contributed by atoms with Gasteiger partial charge in [0.05, 0.1) is 29.1 Å². The molecule has 1 aliphatic rings. The molecule has 0 spiro atoms. The number of nitrogens with one attached hydrogen (secondary N) is 2. The molecule has 0 saturated carbocycles. The van der Waals surface area contributed by atoms with Crippen LogP contribution in [0.3, 0.4) is 0 Å². The molecule has 31 heavy (non-hydrogen) atoms. The Kier molecular flexibility index (Phi) is 4.23. The van der Waals surface area contributed by atoms with Gasteiger partial charge < -0.3 is 9.88 Å². The summed E-state index contributed by atoms with van der Waals surface area (Å²) in [6, 6.07) is 14.9. The number of H-pyrrole nitrogens is 2. The first-order chi connectivity index (χ1) is 15.3. The van der Waals surface area contributed by atoms with E-state index in [-0.39, 0.29) is 0 Å². The summed E-state index contributed by atoms with van der Waals surface area (Å²) in [5, 5.41) is 8.84. The smallest absolute Gasteiger partial charge is 0.159 e. The lowest BCUT2D eigenvalue weighted by Gasteiger charge is -2.28. The summed E-state index contributed by atoms with van der Waals surface area (Å²) < 4.78 is 0. The summed E-state index contributed by atoms with van der Waals surface area (Å²) in [7, 11) is 0. The maximum absolute atomic E-state index is 4.98. The van der Waals surface area contributed by atoms with Gasteiger partial charge in [-0.15, -0.1) is 0 Å². The van der Waals surface area contributed by atoms with E-state index in [1.165, 1.54) is 36.0 Å². The van der Waals surface area contributed by atoms with Crippen molar-refractivity contribution in [1.82, 2.24) is 25.1 Å². The van der Waals surface area contributed by atoms with Crippen LogP contribution in [0.5, 0.6) is 0 Å². The third-order valence-corrected chi connectivity index (χ3v) is 6.31. The fraction of sp³-hybridized carbons (Fsp3) is 0.240. The summed E-state index contributed by atoms with van der Waals surface area (Å²) in [6.45, 7) is 4.27. The number of fused-ring (bicyclic) bond motifs is 2. The summed E-state index contributed by atoms with van der Waals surface area (Å²) in [5.74, 6) is 0.773. The maximum atomic E-state index is 4.98. The van der Waals surface area contributed by atoms with E-state index in [4.69, 9.17) is 4.98 Å². The second-order valence-corrected chi connectivity index (χ2v) is 8.34. The molecule has 6 rings (SSSR count). The first-order valence-corrected chi connectivity index (χ1v) is 10.9. The minimum absolute atomic E-state index is 0.773. The SMILES string of the molecule is Cc1ccccc1-c1ccc2[nH]nc(-c3nc4c(N5CCCCC5)cncc4[nH]3)c2c1. The second-order valence-electron chi connectivity index (χ2n) is 8.34. The molecule has 0 bridgehead atoms. The summed E-state index contributed by atoms with van der Waals surface area (Å²) in [4.78, 5) is 15.3. The topological polar surface area (TPSA) is 73.5 Å². The number of benzene rings is 2. The van der Waals surface area contributed by atoms with Crippen molar-refractivity contribution >= 4 is 27.6 Å². The Hall–Kier alpha value is -3.67. The second kappa shape index (κ2) is 7.23. The Morgan fingerprint density at radius 1 is 0.935 bits per heavy atom. The summed E-state index contributed by atoms with van der Waals surface area (Å²) in [6.07, 6.45) is 7.54. The molecular formula is C25H24N6. The average molecular weight is 409 g/mol. The molecule has 6 heteroatoms. The third-order valence-electron chi connectivity index (χ3n) is 6.31. The van der Waals surface area contributed by atoms with Crippen LogP contribution < -0.4 is 4.90 Å². The zero-order chi connectivity index (χ0) is 20.8. The van der Waals surface area contributed by atoms with Gasteiger partial charge in [-0.05, 0) is 55.0 Å². The number of anilines is 1. The lowest BCUT2D eigenvalue weighted by molar-refractivity contribution is 0.578. The fourth-order valence-corrected chi connectivity index (χ4v) is 4.66. The molecule has 0 amide bonds. The van der Waals surface area contributed by atoms with Gasteiger partial charge in [0, 0.05) is 18.5 Å². The van der Waals surface area contributed by atoms with Crippen LogP contribution in [-0.4, -0.2) is 38.2 Å². The predicted molar refractivity (Wildman–Crippen MR) is 125 cm³/mol. The molecule has 1 fully saturated rings. The van der Waals surface area contributed by atoms with Crippen molar-refractivity contribution in [2.24, 2.45) is 0 Å². The van der Waals surface area contributed by atoms with E-state index < -0.39 is 0 Å². The van der Waals surface area contributed by atoms with Crippen molar-refractivity contribution in [2.75, 3.05) is 18.0 Å². The monoisotopic (exact) mass is 408 g/mol. The zero-order valence-electron chi connectivity index (χ0n) is 17.5. The Bertz CT molecular complexity index is 1390. The van der Waals surface area contributed by atoms with Gasteiger partial charge in [0.15, 0.2) is 5.82 Å². The molecule has 4 heterocycles. The lowest BCUT2D eigenvalue weighted by atomic mass is 9.99. The number of pyridine rings is 1. The van der Waals surface area contributed by atoms with Crippen LogP contribution >= 0.6 is 0 Å². The van der Waals surface area contributed by atoms with Crippen LogP contribution in [0.2, 0.25) is 0 Å². The molecule has 3 aromatic heterocycles. The number of aromatic amines is 2. The molecule has 2 N–H and O–H groups in total. The van der Waals surface area contributed by atoms with Crippen LogP contribution in [0.25, 0.3) is 44.6 Å². The third kappa shape index (κ3) is 3.06. The summed E-state index contributed by atoms with van der Waals surface area (Å²) in [5.41, 5.74) is 8.54. The maximum Gasteiger partial charge on any atom is 0.159 e. The normalized spacial score (nSPS) is 14.5. The number of rotatable bonds is 3. The number of imidazole rings is 1. The molecule has 1 aliphatic heterocycles. The van der Waals surface area contributed by atoms with Crippen LogP contribution in [0.4, 0.5) is 5.69 Å². The van der Waals surface area contributed by atoms with Gasteiger partial charge in [-0.1, -0.05) is 30.3 Å². The Balaban J connectivity index is 1.47. The molecule has 0 unspecified atom stereocenters. The molecule has 5 aromatic rings. The molecule has 0 atom stereocenters. The van der Waals surface area contributed by atoms with E-state index in [9.17, 15) is 0 Å². The van der Waals surface area contributed by atoms with Gasteiger partial charge in [0.1, 0.15) is 11.2 Å². The standard InChI is InChI=1S/C25H24N6/c1-16-7-3-4-8-18(16)17-9-10-20-19(13-17)23(30-29-20)25-27-21-14-26-15-22(24(21)28-25)31-11-5-2-6-12-31/h3-4,7-10,13-15H,2,5-6,11-12H2,1H3,(H,27,28)(H,29,30). The highest BCUT2D eigenvalue weighted by Gasteiger charge is 2.19. The van der Waals surface area contributed by atoms with Crippen molar-refractivity contribution in [2.45, 2.75) is 26.2 Å². The molecular weight excluding hydrogens is 384 g/mol. The van der Waals surface area contributed by atoms with Crippen molar-refractivity contribution in [1.29, 1.82) is 0 Å². The van der Waals surface area contributed by atoms with Gasteiger partial charge in [-0.2, -0.15) is 5.10 Å². The molecule has 154 valence electrons. The van der Waals surface area contributed by atoms with Gasteiger partial charge in [0.2, 0.25) is 0 Å². The number of nitrogens with zero attached hydrogens (tertiary/aromatic N) is 4. The van der Waals surface area contributed by atoms with Crippen molar-refractivity contribution in [3.05, 3.63) is 60.4 Å². The van der Waals surface area contributed by atoms with Crippen LogP contribution in [0.1, 0.15) is 24.8 Å². The van der Waals surface area contributed by atoms with Crippen molar-refractivity contribution < 1.29 is 0 Å². The number of hydrogen-bond acceptors (Lipinski definition) is 4. The fourth-order valence-electron chi connectivity index (χ4n) is 4.66. The predicted octanol–water partition coefficient (Wildman–Crippen LogP) is 5.47. The zero-order valence-corrected chi connectivity index (χ0v) is 17.5. The first-order valence-electron chi connectivity index (χ1n) is 10.9. The Morgan fingerprint density at radius 3 is 2.68 bits per heavy atom. The molecule has 0 aliphatic carbocycles. The van der Waals surface area contributed by atoms with Crippen LogP contribution in [0.15, 0.2) is 54.9 Å². The van der Waals surface area contributed by atoms with E-state index in [1.807, 2.05) is 12.4 Å². The Labute approximate surface area is 180 Å². The van der Waals surface area contributed by atoms with E-state index in [1.54, 1.807) is 0 Å². The van der Waals surface area contributed by atoms with Gasteiger partial charge in [0.25, 0.3) is 0 Å². The highest BCUT2D eigenvalue weighted by molar-refractivity contribution is 5.97. The van der Waals surface area contributed by atoms with E-state index in [0.717, 1.165) is 52.2 Å². The molecule has 2 aromatic carbocycles. The molecule has 0 radical (unpaired) electrons. The molecule has 6 nitrogen and oxygen atoms in total. The van der Waals surface area contributed by atoms with E-state index in [2.05, 4.69) is 74.5 Å². The van der Waals surface area contributed by atoms with Crippen molar-refractivity contribution in [3.63, 3.8) is 0 Å². The van der Waals surface area contributed by atoms with Gasteiger partial charge in [-0.3, -0.25) is 10.1 Å².